The minimum absolute atomic E-state index is 0.0957. The minimum atomic E-state index is -0.384. The lowest BCUT2D eigenvalue weighted by molar-refractivity contribution is -0.115. The lowest BCUT2D eigenvalue weighted by Gasteiger charge is -2.05. The van der Waals surface area contributed by atoms with E-state index in [9.17, 15) is 9.59 Å². The van der Waals surface area contributed by atoms with E-state index in [1.54, 1.807) is 17.5 Å². The van der Waals surface area contributed by atoms with Crippen molar-refractivity contribution in [2.45, 2.75) is 6.42 Å². The van der Waals surface area contributed by atoms with Crippen LogP contribution in [-0.4, -0.2) is 26.8 Å². The lowest BCUT2D eigenvalue weighted by atomic mass is 10.2. The Hall–Kier alpha value is -4.24. The molecule has 0 aliphatic rings. The Morgan fingerprint density at radius 2 is 1.81 bits per heavy atom. The van der Waals surface area contributed by atoms with Gasteiger partial charge in [0.05, 0.1) is 29.4 Å². The van der Waals surface area contributed by atoms with Crippen LogP contribution in [-0.2, 0) is 11.2 Å². The molecule has 3 N–H and O–H groups in total. The van der Waals surface area contributed by atoms with Crippen molar-refractivity contribution < 1.29 is 14.0 Å². The molecule has 2 amide bonds. The number of benzene rings is 2. The van der Waals surface area contributed by atoms with Crippen molar-refractivity contribution in [2.75, 3.05) is 10.6 Å². The Balaban J connectivity index is 1.19. The Morgan fingerprint density at radius 1 is 0.969 bits per heavy atom. The number of carbonyl (C=O) groups excluding carboxylic acids is 2. The summed E-state index contributed by atoms with van der Waals surface area (Å²) in [6.07, 6.45) is 1.52. The quantitative estimate of drug-likeness (QED) is 0.352. The zero-order valence-corrected chi connectivity index (χ0v) is 17.5. The molecule has 0 saturated heterocycles. The second-order valence-corrected chi connectivity index (χ2v) is 7.84. The molecule has 0 fully saturated rings. The van der Waals surface area contributed by atoms with Crippen molar-refractivity contribution in [1.29, 1.82) is 0 Å². The van der Waals surface area contributed by atoms with Gasteiger partial charge in [-0.3, -0.25) is 14.9 Å². The number of anilines is 2. The van der Waals surface area contributed by atoms with E-state index in [4.69, 9.17) is 4.42 Å². The third kappa shape index (κ3) is 4.28. The molecule has 3 aromatic heterocycles. The normalized spacial score (nSPS) is 10.9. The smallest absolute Gasteiger partial charge is 0.293 e. The fourth-order valence-corrected chi connectivity index (χ4v) is 3.89. The molecule has 0 aliphatic heterocycles. The first-order valence-corrected chi connectivity index (χ1v) is 10.7. The Kier molecular flexibility index (Phi) is 5.22. The summed E-state index contributed by atoms with van der Waals surface area (Å²) in [4.78, 5) is 36.6. The highest BCUT2D eigenvalue weighted by Crippen LogP contribution is 2.22. The van der Waals surface area contributed by atoms with E-state index in [1.165, 1.54) is 17.6 Å². The molecule has 0 radical (unpaired) electrons. The SMILES string of the molecule is O=C(Cc1csc(NC(=O)c2ccco2)n1)Nc1ccc(-c2nc3ccccc3[nH]2)cc1. The second kappa shape index (κ2) is 8.48. The van der Waals surface area contributed by atoms with Gasteiger partial charge in [-0.2, -0.15) is 0 Å². The van der Waals surface area contributed by atoms with Crippen LogP contribution in [0.5, 0.6) is 0 Å². The second-order valence-electron chi connectivity index (χ2n) is 6.98. The Morgan fingerprint density at radius 3 is 2.59 bits per heavy atom. The number of thiazole rings is 1. The van der Waals surface area contributed by atoms with Gasteiger partial charge in [-0.15, -0.1) is 11.3 Å². The molecule has 0 bridgehead atoms. The number of para-hydroxylation sites is 2. The molecular formula is C23H17N5O3S. The van der Waals surface area contributed by atoms with Gasteiger partial charge in [-0.1, -0.05) is 12.1 Å². The summed E-state index contributed by atoms with van der Waals surface area (Å²) >= 11 is 1.25. The first-order chi connectivity index (χ1) is 15.6. The molecule has 9 heteroatoms. The van der Waals surface area contributed by atoms with E-state index in [2.05, 4.69) is 25.6 Å². The number of H-pyrrole nitrogens is 1. The zero-order valence-electron chi connectivity index (χ0n) is 16.7. The lowest BCUT2D eigenvalue weighted by Crippen LogP contribution is -2.15. The first kappa shape index (κ1) is 19.7. The maximum atomic E-state index is 12.4. The number of amides is 2. The average Bonchev–Trinajstić information content (AvgIpc) is 3.55. The van der Waals surface area contributed by atoms with E-state index in [0.717, 1.165) is 22.4 Å². The number of aromatic amines is 1. The summed E-state index contributed by atoms with van der Waals surface area (Å²) in [5.41, 5.74) is 4.05. The van der Waals surface area contributed by atoms with Gasteiger partial charge in [0.25, 0.3) is 5.91 Å². The van der Waals surface area contributed by atoms with Gasteiger partial charge in [-0.05, 0) is 48.5 Å². The molecule has 32 heavy (non-hydrogen) atoms. The molecule has 5 aromatic rings. The predicted molar refractivity (Wildman–Crippen MR) is 123 cm³/mol. The third-order valence-corrected chi connectivity index (χ3v) is 5.50. The van der Waals surface area contributed by atoms with Gasteiger partial charge in [-0.25, -0.2) is 9.97 Å². The van der Waals surface area contributed by atoms with Crippen LogP contribution in [0.4, 0.5) is 10.8 Å². The van der Waals surface area contributed by atoms with Crippen molar-refractivity contribution in [3.8, 4) is 11.4 Å². The zero-order chi connectivity index (χ0) is 21.9. The number of furan rings is 1. The number of hydrogen-bond donors (Lipinski definition) is 3. The molecule has 0 spiro atoms. The molecule has 5 rings (SSSR count). The standard InChI is InChI=1S/C23H17N5O3S/c29-20(12-16-13-32-23(25-16)28-22(30)19-6-3-11-31-19)24-15-9-7-14(8-10-15)21-26-17-4-1-2-5-18(17)27-21/h1-11,13H,12H2,(H,24,29)(H,26,27)(H,25,28,30). The highest BCUT2D eigenvalue weighted by atomic mass is 32.1. The number of hydrogen-bond acceptors (Lipinski definition) is 6. The van der Waals surface area contributed by atoms with E-state index < -0.39 is 0 Å². The highest BCUT2D eigenvalue weighted by Gasteiger charge is 2.13. The van der Waals surface area contributed by atoms with E-state index in [-0.39, 0.29) is 24.0 Å². The van der Waals surface area contributed by atoms with Crippen LogP contribution < -0.4 is 10.6 Å². The molecular weight excluding hydrogens is 426 g/mol. The van der Waals surface area contributed by atoms with Crippen molar-refractivity contribution in [1.82, 2.24) is 15.0 Å². The van der Waals surface area contributed by atoms with E-state index in [1.807, 2.05) is 48.5 Å². The topological polar surface area (TPSA) is 113 Å². The van der Waals surface area contributed by atoms with Crippen LogP contribution in [0.2, 0.25) is 0 Å². The summed E-state index contributed by atoms with van der Waals surface area (Å²) in [6.45, 7) is 0. The van der Waals surface area contributed by atoms with Crippen molar-refractivity contribution in [3.63, 3.8) is 0 Å². The van der Waals surface area contributed by atoms with Crippen molar-refractivity contribution in [3.05, 3.63) is 83.8 Å². The van der Waals surface area contributed by atoms with Crippen LogP contribution in [0.25, 0.3) is 22.4 Å². The highest BCUT2D eigenvalue weighted by molar-refractivity contribution is 7.14. The maximum absolute atomic E-state index is 12.4. The summed E-state index contributed by atoms with van der Waals surface area (Å²) in [6, 6.07) is 18.5. The van der Waals surface area contributed by atoms with Gasteiger partial charge >= 0.3 is 0 Å². The van der Waals surface area contributed by atoms with Crippen LogP contribution >= 0.6 is 11.3 Å². The van der Waals surface area contributed by atoms with Crippen molar-refractivity contribution in [2.24, 2.45) is 0 Å². The average molecular weight is 443 g/mol. The molecule has 0 saturated carbocycles. The molecule has 0 atom stereocenters. The number of nitrogens with zero attached hydrogens (tertiary/aromatic N) is 2. The number of rotatable bonds is 6. The number of carbonyl (C=O) groups is 2. The molecule has 3 heterocycles. The van der Waals surface area contributed by atoms with Gasteiger partial charge in [0.1, 0.15) is 5.82 Å². The largest absolute Gasteiger partial charge is 0.459 e. The predicted octanol–water partition coefficient (Wildman–Crippen LogP) is 4.71. The van der Waals surface area contributed by atoms with Gasteiger partial charge in [0.2, 0.25) is 5.91 Å². The van der Waals surface area contributed by atoms with Gasteiger partial charge in [0.15, 0.2) is 10.9 Å². The molecule has 0 aliphatic carbocycles. The van der Waals surface area contributed by atoms with Gasteiger partial charge < -0.3 is 14.7 Å². The monoisotopic (exact) mass is 443 g/mol. The van der Waals surface area contributed by atoms with E-state index >= 15 is 0 Å². The number of nitrogens with one attached hydrogen (secondary N) is 3. The summed E-state index contributed by atoms with van der Waals surface area (Å²) in [5, 5.41) is 7.66. The van der Waals surface area contributed by atoms with Crippen LogP contribution in [0, 0.1) is 0 Å². The molecule has 158 valence electrons. The fourth-order valence-electron chi connectivity index (χ4n) is 3.18. The Labute approximate surface area is 186 Å². The summed E-state index contributed by atoms with van der Waals surface area (Å²) < 4.78 is 5.05. The van der Waals surface area contributed by atoms with E-state index in [0.29, 0.717) is 16.5 Å². The van der Waals surface area contributed by atoms with Crippen molar-refractivity contribution >= 4 is 45.0 Å². The summed E-state index contributed by atoms with van der Waals surface area (Å²) in [7, 11) is 0. The van der Waals surface area contributed by atoms with Crippen LogP contribution in [0.1, 0.15) is 16.2 Å². The van der Waals surface area contributed by atoms with Crippen LogP contribution in [0.15, 0.2) is 76.7 Å². The molecule has 2 aromatic carbocycles. The first-order valence-electron chi connectivity index (χ1n) is 9.78. The third-order valence-electron chi connectivity index (χ3n) is 4.69. The minimum Gasteiger partial charge on any atom is -0.459 e. The molecule has 0 unspecified atom stereocenters. The summed E-state index contributed by atoms with van der Waals surface area (Å²) in [5.74, 6) is 0.391. The van der Waals surface area contributed by atoms with Crippen LogP contribution in [0.3, 0.4) is 0 Å². The molecule has 8 nitrogen and oxygen atoms in total. The number of imidazole rings is 1. The number of aromatic nitrogens is 3. The Bertz CT molecular complexity index is 1350. The fraction of sp³-hybridized carbons (Fsp3) is 0.0435. The maximum Gasteiger partial charge on any atom is 0.293 e. The van der Waals surface area contributed by atoms with Gasteiger partial charge in [0, 0.05) is 16.6 Å². The number of fused-ring (bicyclic) bond motifs is 1.